The number of aromatic nitrogens is 4. The zero-order chi connectivity index (χ0) is 19.7. The fourth-order valence-electron chi connectivity index (χ4n) is 3.74. The van der Waals surface area contributed by atoms with Gasteiger partial charge in [-0.3, -0.25) is 9.89 Å². The van der Waals surface area contributed by atoms with Gasteiger partial charge in [0.15, 0.2) is 11.8 Å². The molecule has 0 saturated carbocycles. The van der Waals surface area contributed by atoms with E-state index in [0.717, 1.165) is 35.4 Å². The predicted octanol–water partition coefficient (Wildman–Crippen LogP) is 3.14. The molecule has 1 aromatic carbocycles. The van der Waals surface area contributed by atoms with Crippen molar-refractivity contribution in [2.75, 3.05) is 13.1 Å². The van der Waals surface area contributed by atoms with Gasteiger partial charge in [0.25, 0.3) is 5.91 Å². The summed E-state index contributed by atoms with van der Waals surface area (Å²) in [6.45, 7) is 7.33. The van der Waals surface area contributed by atoms with E-state index in [0.29, 0.717) is 24.7 Å². The number of nitrogens with zero attached hydrogens (tertiary/aromatic N) is 4. The Balaban J connectivity index is 1.37. The minimum absolute atomic E-state index is 0.0333. The number of H-pyrrole nitrogens is 1. The van der Waals surface area contributed by atoms with Crippen LogP contribution in [0, 0.1) is 13.8 Å². The van der Waals surface area contributed by atoms with E-state index in [9.17, 15) is 4.79 Å². The molecule has 0 bridgehead atoms. The molecule has 146 valence electrons. The Labute approximate surface area is 164 Å². The Hall–Kier alpha value is -2.96. The third kappa shape index (κ3) is 3.56. The number of hydrogen-bond acceptors (Lipinski definition) is 5. The molecule has 1 amide bonds. The molecule has 1 atom stereocenters. The first-order chi connectivity index (χ1) is 13.5. The molecule has 3 aromatic rings. The third-order valence-corrected chi connectivity index (χ3v) is 5.57. The molecule has 0 spiro atoms. The second-order valence-electron chi connectivity index (χ2n) is 7.47. The highest BCUT2D eigenvalue weighted by Crippen LogP contribution is 2.30. The highest BCUT2D eigenvalue weighted by molar-refractivity contribution is 5.81. The van der Waals surface area contributed by atoms with Crippen LogP contribution in [-0.2, 0) is 4.79 Å². The van der Waals surface area contributed by atoms with E-state index < -0.39 is 6.10 Å². The van der Waals surface area contributed by atoms with E-state index in [1.54, 1.807) is 12.4 Å². The molecule has 4 rings (SSSR count). The number of ether oxygens (including phenoxy) is 1. The van der Waals surface area contributed by atoms with Gasteiger partial charge in [-0.1, -0.05) is 6.07 Å². The van der Waals surface area contributed by atoms with E-state index in [1.165, 1.54) is 5.56 Å². The summed E-state index contributed by atoms with van der Waals surface area (Å²) in [5.41, 5.74) is 4.87. The molecule has 1 N–H and O–H groups in total. The molecule has 7 nitrogen and oxygen atoms in total. The highest BCUT2D eigenvalue weighted by atomic mass is 16.5. The van der Waals surface area contributed by atoms with Gasteiger partial charge in [0, 0.05) is 31.4 Å². The smallest absolute Gasteiger partial charge is 0.263 e. The lowest BCUT2D eigenvalue weighted by Crippen LogP contribution is -2.44. The number of carbonyl (C=O) groups is 1. The van der Waals surface area contributed by atoms with Crippen molar-refractivity contribution in [1.82, 2.24) is 25.1 Å². The van der Waals surface area contributed by atoms with Crippen molar-refractivity contribution >= 4 is 17.1 Å². The summed E-state index contributed by atoms with van der Waals surface area (Å²) in [4.78, 5) is 23.3. The van der Waals surface area contributed by atoms with Crippen LogP contribution in [0.5, 0.6) is 5.75 Å². The Morgan fingerprint density at radius 3 is 2.68 bits per heavy atom. The van der Waals surface area contributed by atoms with Crippen molar-refractivity contribution in [3.63, 3.8) is 0 Å². The molecule has 0 aliphatic carbocycles. The van der Waals surface area contributed by atoms with Crippen LogP contribution in [0.4, 0.5) is 0 Å². The van der Waals surface area contributed by atoms with E-state index in [2.05, 4.69) is 27.1 Å². The highest BCUT2D eigenvalue weighted by Gasteiger charge is 2.29. The largest absolute Gasteiger partial charge is 0.481 e. The summed E-state index contributed by atoms with van der Waals surface area (Å²) in [5, 5.41) is 7.33. The monoisotopic (exact) mass is 379 g/mol. The van der Waals surface area contributed by atoms with Crippen LogP contribution in [0.3, 0.4) is 0 Å². The summed E-state index contributed by atoms with van der Waals surface area (Å²) < 4.78 is 5.90. The summed E-state index contributed by atoms with van der Waals surface area (Å²) >= 11 is 0. The lowest BCUT2D eigenvalue weighted by atomic mass is 9.93. The Kier molecular flexibility index (Phi) is 4.98. The number of aromatic amines is 1. The Morgan fingerprint density at radius 2 is 1.93 bits per heavy atom. The maximum atomic E-state index is 12.8. The van der Waals surface area contributed by atoms with Crippen molar-refractivity contribution in [3.05, 3.63) is 47.4 Å². The van der Waals surface area contributed by atoms with Crippen LogP contribution in [0.25, 0.3) is 11.2 Å². The maximum Gasteiger partial charge on any atom is 0.263 e. The first-order valence-corrected chi connectivity index (χ1v) is 9.70. The first-order valence-electron chi connectivity index (χ1n) is 9.70. The van der Waals surface area contributed by atoms with Gasteiger partial charge in [-0.05, 0) is 56.9 Å². The molecule has 0 unspecified atom stereocenters. The molecule has 1 fully saturated rings. The third-order valence-electron chi connectivity index (χ3n) is 5.57. The zero-order valence-electron chi connectivity index (χ0n) is 16.5. The van der Waals surface area contributed by atoms with Crippen LogP contribution in [0.2, 0.25) is 0 Å². The maximum absolute atomic E-state index is 12.8. The number of aryl methyl sites for hydroxylation is 2. The van der Waals surface area contributed by atoms with Gasteiger partial charge in [-0.15, -0.1) is 0 Å². The second-order valence-corrected chi connectivity index (χ2v) is 7.47. The fourth-order valence-corrected chi connectivity index (χ4v) is 3.74. The van der Waals surface area contributed by atoms with E-state index in [1.807, 2.05) is 36.9 Å². The summed E-state index contributed by atoms with van der Waals surface area (Å²) in [7, 11) is 0. The summed E-state index contributed by atoms with van der Waals surface area (Å²) in [6.07, 6.45) is 4.57. The lowest BCUT2D eigenvalue weighted by Gasteiger charge is -2.33. The van der Waals surface area contributed by atoms with Gasteiger partial charge < -0.3 is 9.64 Å². The number of carbonyl (C=O) groups excluding carboxylic acids is 1. The van der Waals surface area contributed by atoms with Crippen molar-refractivity contribution in [2.24, 2.45) is 0 Å². The molecular weight excluding hydrogens is 354 g/mol. The molecule has 0 radical (unpaired) electrons. The Bertz CT molecular complexity index is 991. The molecule has 28 heavy (non-hydrogen) atoms. The summed E-state index contributed by atoms with van der Waals surface area (Å²) in [5.74, 6) is 1.08. The average molecular weight is 379 g/mol. The second kappa shape index (κ2) is 7.58. The number of fused-ring (bicyclic) bond motifs is 1. The number of benzene rings is 1. The molecule has 7 heteroatoms. The average Bonchev–Trinajstić information content (AvgIpc) is 3.14. The molecule has 2 aromatic heterocycles. The van der Waals surface area contributed by atoms with Crippen molar-refractivity contribution in [2.45, 2.75) is 45.6 Å². The minimum Gasteiger partial charge on any atom is -0.481 e. The topological polar surface area (TPSA) is 84.0 Å². The fraction of sp³-hybridized carbons (Fsp3) is 0.429. The van der Waals surface area contributed by atoms with Crippen LogP contribution in [0.1, 0.15) is 42.5 Å². The van der Waals surface area contributed by atoms with E-state index >= 15 is 0 Å². The number of nitrogens with one attached hydrogen (secondary N) is 1. The van der Waals surface area contributed by atoms with Crippen molar-refractivity contribution in [1.29, 1.82) is 0 Å². The predicted molar refractivity (Wildman–Crippen MR) is 106 cm³/mol. The van der Waals surface area contributed by atoms with E-state index in [-0.39, 0.29) is 5.91 Å². The summed E-state index contributed by atoms with van der Waals surface area (Å²) in [6, 6.07) is 5.92. The SMILES string of the molecule is Cc1ccc(O[C@H](C)C(=O)N2CCC(c3[nH]nc4nccnc34)CC2)cc1C. The lowest BCUT2D eigenvalue weighted by molar-refractivity contribution is -0.139. The number of hydrogen-bond donors (Lipinski definition) is 1. The van der Waals surface area contributed by atoms with Gasteiger partial charge in [0.2, 0.25) is 0 Å². The van der Waals surface area contributed by atoms with Crippen molar-refractivity contribution in [3.8, 4) is 5.75 Å². The van der Waals surface area contributed by atoms with Crippen LogP contribution < -0.4 is 4.74 Å². The van der Waals surface area contributed by atoms with Gasteiger partial charge in [-0.2, -0.15) is 5.10 Å². The quantitative estimate of drug-likeness (QED) is 0.753. The molecular formula is C21H25N5O2. The zero-order valence-corrected chi connectivity index (χ0v) is 16.5. The minimum atomic E-state index is -0.502. The first kappa shape index (κ1) is 18.4. The molecule has 1 aliphatic heterocycles. The molecule has 1 saturated heterocycles. The standard InChI is InChI=1S/C21H25N5O2/c1-13-4-5-17(12-14(13)2)28-15(3)21(27)26-10-6-16(7-11-26)18-19-20(25-24-18)23-9-8-22-19/h4-5,8-9,12,15-16H,6-7,10-11H2,1-3H3,(H,23,24,25)/t15-/m1/s1. The molecule has 1 aliphatic rings. The van der Waals surface area contributed by atoms with Crippen molar-refractivity contribution < 1.29 is 9.53 Å². The number of amides is 1. The van der Waals surface area contributed by atoms with Gasteiger partial charge >= 0.3 is 0 Å². The molecule has 3 heterocycles. The van der Waals surface area contributed by atoms with Gasteiger partial charge in [0.1, 0.15) is 11.3 Å². The Morgan fingerprint density at radius 1 is 1.18 bits per heavy atom. The number of rotatable bonds is 4. The van der Waals surface area contributed by atoms with Crippen LogP contribution >= 0.6 is 0 Å². The van der Waals surface area contributed by atoms with E-state index in [4.69, 9.17) is 4.74 Å². The van der Waals surface area contributed by atoms with Crippen LogP contribution in [0.15, 0.2) is 30.6 Å². The number of piperidine rings is 1. The van der Waals surface area contributed by atoms with Crippen LogP contribution in [-0.4, -0.2) is 50.2 Å². The van der Waals surface area contributed by atoms with Gasteiger partial charge in [-0.25, -0.2) is 9.97 Å². The van der Waals surface area contributed by atoms with Gasteiger partial charge in [0.05, 0.1) is 5.69 Å². The number of likely N-dealkylation sites (tertiary alicyclic amines) is 1. The normalized spacial score (nSPS) is 16.3.